The topological polar surface area (TPSA) is 84.9 Å². The molecule has 1 atom stereocenters. The molecule has 1 aromatic carbocycles. The van der Waals surface area contributed by atoms with Gasteiger partial charge in [-0.05, 0) is 18.6 Å². The monoisotopic (exact) mass is 257 g/mol. The number of rotatable bonds is 1. The van der Waals surface area contributed by atoms with Crippen molar-refractivity contribution in [3.8, 4) is 0 Å². The fourth-order valence-electron chi connectivity index (χ4n) is 2.39. The van der Waals surface area contributed by atoms with Crippen molar-refractivity contribution in [2.45, 2.75) is 18.9 Å². The van der Waals surface area contributed by atoms with Crippen LogP contribution in [-0.2, 0) is 10.3 Å². The zero-order valence-electron chi connectivity index (χ0n) is 10.8. The second-order valence-electron chi connectivity index (χ2n) is 5.11. The van der Waals surface area contributed by atoms with E-state index in [1.165, 1.54) is 4.90 Å². The maximum Gasteiger partial charge on any atom is 0.231 e. The number of carbonyl (C=O) groups excluding carboxylic acids is 1. The molecular formula is C13H15N5O. The quantitative estimate of drug-likeness (QED) is 0.716. The summed E-state index contributed by atoms with van der Waals surface area (Å²) in [4.78, 5) is 13.3. The predicted octanol–water partition coefficient (Wildman–Crippen LogP) is 1.16. The molecule has 1 saturated heterocycles. The van der Waals surface area contributed by atoms with Gasteiger partial charge in [-0.1, -0.05) is 12.1 Å². The van der Waals surface area contributed by atoms with Gasteiger partial charge in [0.05, 0.1) is 23.7 Å². The smallest absolute Gasteiger partial charge is 0.231 e. The lowest BCUT2D eigenvalue weighted by molar-refractivity contribution is -0.129. The van der Waals surface area contributed by atoms with Crippen molar-refractivity contribution in [2.24, 2.45) is 0 Å². The maximum atomic E-state index is 11.9. The SMILES string of the molecule is CN1C(=N)N[C@](C)(c2ccc3cn[nH]c3c2)CC1=O. The predicted molar refractivity (Wildman–Crippen MR) is 71.7 cm³/mol. The van der Waals surface area contributed by atoms with Crippen LogP contribution in [0.5, 0.6) is 0 Å². The highest BCUT2D eigenvalue weighted by molar-refractivity contribution is 5.99. The van der Waals surface area contributed by atoms with Crippen molar-refractivity contribution >= 4 is 22.8 Å². The Hall–Kier alpha value is -2.37. The first-order valence-electron chi connectivity index (χ1n) is 6.06. The van der Waals surface area contributed by atoms with Crippen molar-refractivity contribution in [3.05, 3.63) is 30.0 Å². The van der Waals surface area contributed by atoms with Crippen LogP contribution in [0.3, 0.4) is 0 Å². The molecule has 1 amide bonds. The van der Waals surface area contributed by atoms with Crippen LogP contribution in [0.2, 0.25) is 0 Å². The number of aromatic amines is 1. The number of aromatic nitrogens is 2. The van der Waals surface area contributed by atoms with Crippen LogP contribution in [0.1, 0.15) is 18.9 Å². The molecule has 98 valence electrons. The first-order valence-corrected chi connectivity index (χ1v) is 6.06. The Labute approximate surface area is 110 Å². The van der Waals surface area contributed by atoms with E-state index in [2.05, 4.69) is 15.5 Å². The largest absolute Gasteiger partial charge is 0.346 e. The zero-order chi connectivity index (χ0) is 13.6. The number of H-pyrrole nitrogens is 1. The Bertz CT molecular complexity index is 656. The molecule has 3 rings (SSSR count). The van der Waals surface area contributed by atoms with Gasteiger partial charge in [-0.3, -0.25) is 20.2 Å². The molecule has 6 heteroatoms. The van der Waals surface area contributed by atoms with E-state index >= 15 is 0 Å². The van der Waals surface area contributed by atoms with Crippen molar-refractivity contribution in [1.29, 1.82) is 5.41 Å². The number of benzene rings is 1. The molecule has 3 N–H and O–H groups in total. The number of carbonyl (C=O) groups is 1. The molecule has 19 heavy (non-hydrogen) atoms. The van der Waals surface area contributed by atoms with Gasteiger partial charge in [0.15, 0.2) is 5.96 Å². The molecule has 1 fully saturated rings. The average Bonchev–Trinajstić information content (AvgIpc) is 2.83. The van der Waals surface area contributed by atoms with Crippen LogP contribution in [0.25, 0.3) is 10.9 Å². The second-order valence-corrected chi connectivity index (χ2v) is 5.11. The molecule has 1 aliphatic rings. The van der Waals surface area contributed by atoms with E-state index in [0.29, 0.717) is 6.42 Å². The highest BCUT2D eigenvalue weighted by atomic mass is 16.2. The van der Waals surface area contributed by atoms with Crippen molar-refractivity contribution < 1.29 is 4.79 Å². The lowest BCUT2D eigenvalue weighted by atomic mass is 9.86. The van der Waals surface area contributed by atoms with Gasteiger partial charge in [-0.15, -0.1) is 0 Å². The molecule has 2 heterocycles. The number of hydrogen-bond acceptors (Lipinski definition) is 3. The van der Waals surface area contributed by atoms with E-state index in [1.807, 2.05) is 25.1 Å². The molecule has 2 aromatic rings. The summed E-state index contributed by atoms with van der Waals surface area (Å²) in [7, 11) is 1.61. The van der Waals surface area contributed by atoms with Crippen molar-refractivity contribution in [2.75, 3.05) is 7.05 Å². The Kier molecular flexibility index (Phi) is 2.35. The summed E-state index contributed by atoms with van der Waals surface area (Å²) >= 11 is 0. The van der Waals surface area contributed by atoms with E-state index in [4.69, 9.17) is 5.41 Å². The summed E-state index contributed by atoms with van der Waals surface area (Å²) in [5.74, 6) is 0.0689. The van der Waals surface area contributed by atoms with E-state index < -0.39 is 5.54 Å². The molecule has 1 aromatic heterocycles. The molecule has 0 spiro atoms. The summed E-state index contributed by atoms with van der Waals surface area (Å²) < 4.78 is 0. The number of guanidine groups is 1. The van der Waals surface area contributed by atoms with Crippen LogP contribution in [0, 0.1) is 5.41 Å². The van der Waals surface area contributed by atoms with Gasteiger partial charge in [0, 0.05) is 12.4 Å². The summed E-state index contributed by atoms with van der Waals surface area (Å²) in [6.45, 7) is 1.93. The second kappa shape index (κ2) is 3.81. The third kappa shape index (κ3) is 1.76. The van der Waals surface area contributed by atoms with Crippen molar-refractivity contribution in [3.63, 3.8) is 0 Å². The molecule has 0 saturated carbocycles. The fourth-order valence-corrected chi connectivity index (χ4v) is 2.39. The number of hydrogen-bond donors (Lipinski definition) is 3. The lowest BCUT2D eigenvalue weighted by Gasteiger charge is -2.39. The average molecular weight is 257 g/mol. The summed E-state index contributed by atoms with van der Waals surface area (Å²) in [5, 5.41) is 18.9. The summed E-state index contributed by atoms with van der Waals surface area (Å²) in [5.41, 5.74) is 1.34. The van der Waals surface area contributed by atoms with E-state index in [1.54, 1.807) is 13.2 Å². The normalized spacial score (nSPS) is 23.8. The fraction of sp³-hybridized carbons (Fsp3) is 0.308. The number of nitrogens with one attached hydrogen (secondary N) is 3. The molecular weight excluding hydrogens is 242 g/mol. The van der Waals surface area contributed by atoms with Gasteiger partial charge in [0.2, 0.25) is 5.91 Å². The Morgan fingerprint density at radius 1 is 1.47 bits per heavy atom. The minimum Gasteiger partial charge on any atom is -0.346 e. The molecule has 0 bridgehead atoms. The van der Waals surface area contributed by atoms with Gasteiger partial charge < -0.3 is 5.32 Å². The van der Waals surface area contributed by atoms with E-state index in [-0.39, 0.29) is 11.9 Å². The number of amides is 1. The third-order valence-corrected chi connectivity index (χ3v) is 3.69. The third-order valence-electron chi connectivity index (χ3n) is 3.69. The minimum atomic E-state index is -0.556. The Morgan fingerprint density at radius 2 is 2.26 bits per heavy atom. The molecule has 0 aliphatic carbocycles. The number of nitrogens with zero attached hydrogens (tertiary/aromatic N) is 2. The summed E-state index contributed by atoms with van der Waals surface area (Å²) in [6, 6.07) is 5.91. The van der Waals surface area contributed by atoms with Gasteiger partial charge in [0.1, 0.15) is 0 Å². The standard InChI is InChI=1S/C13H15N5O/c1-13(6-11(19)18(2)12(14)16-13)9-4-3-8-7-15-17-10(8)5-9/h3-5,7H,6H2,1-2H3,(H2,14,16)(H,15,17)/t13-/m0/s1. The minimum absolute atomic E-state index is 0.0593. The van der Waals surface area contributed by atoms with E-state index in [0.717, 1.165) is 16.5 Å². The van der Waals surface area contributed by atoms with Gasteiger partial charge >= 0.3 is 0 Å². The lowest BCUT2D eigenvalue weighted by Crippen LogP contribution is -2.58. The Morgan fingerprint density at radius 3 is 3.00 bits per heavy atom. The summed E-state index contributed by atoms with van der Waals surface area (Å²) in [6.07, 6.45) is 2.09. The van der Waals surface area contributed by atoms with Crippen LogP contribution in [-0.4, -0.2) is 34.0 Å². The maximum absolute atomic E-state index is 11.9. The Balaban J connectivity index is 2.04. The van der Waals surface area contributed by atoms with Gasteiger partial charge in [0.25, 0.3) is 0 Å². The molecule has 0 radical (unpaired) electrons. The molecule has 6 nitrogen and oxygen atoms in total. The zero-order valence-corrected chi connectivity index (χ0v) is 10.8. The van der Waals surface area contributed by atoms with E-state index in [9.17, 15) is 4.79 Å². The molecule has 0 unspecified atom stereocenters. The van der Waals surface area contributed by atoms with Gasteiger partial charge in [-0.2, -0.15) is 5.10 Å². The first-order chi connectivity index (χ1) is 8.99. The number of fused-ring (bicyclic) bond motifs is 1. The highest BCUT2D eigenvalue weighted by Crippen LogP contribution is 2.30. The van der Waals surface area contributed by atoms with Crippen molar-refractivity contribution in [1.82, 2.24) is 20.4 Å². The van der Waals surface area contributed by atoms with Gasteiger partial charge in [-0.25, -0.2) is 0 Å². The molecule has 1 aliphatic heterocycles. The van der Waals surface area contributed by atoms with Crippen LogP contribution in [0.4, 0.5) is 0 Å². The highest BCUT2D eigenvalue weighted by Gasteiger charge is 2.37. The van der Waals surface area contributed by atoms with Crippen LogP contribution < -0.4 is 5.32 Å². The van der Waals surface area contributed by atoms with Crippen LogP contribution in [0.15, 0.2) is 24.4 Å². The first kappa shape index (κ1) is 11.7. The van der Waals surface area contributed by atoms with Crippen LogP contribution >= 0.6 is 0 Å².